The van der Waals surface area contributed by atoms with Gasteiger partial charge in [0.2, 0.25) is 0 Å². The minimum atomic E-state index is 0.739. The van der Waals surface area contributed by atoms with E-state index in [1.54, 1.807) is 0 Å². The molecule has 0 nitrogen and oxygen atoms in total. The first-order chi connectivity index (χ1) is 14.3. The number of benzene rings is 1. The molecule has 1 atom stereocenters. The normalized spacial score (nSPS) is 12.7. The lowest BCUT2D eigenvalue weighted by molar-refractivity contribution is 0.519. The van der Waals surface area contributed by atoms with Gasteiger partial charge in [-0.15, -0.1) is 0 Å². The average molecular weight is 398 g/mol. The first-order valence-electron chi connectivity index (χ1n) is 12.8. The first-order valence-corrected chi connectivity index (χ1v) is 12.8. The molecule has 29 heavy (non-hydrogen) atoms. The highest BCUT2D eigenvalue weighted by Crippen LogP contribution is 2.17. The first kappa shape index (κ1) is 26.0. The van der Waals surface area contributed by atoms with Gasteiger partial charge >= 0.3 is 0 Å². The molecule has 0 bridgehead atoms. The zero-order valence-corrected chi connectivity index (χ0v) is 19.9. The van der Waals surface area contributed by atoms with E-state index in [0.717, 1.165) is 12.3 Å². The molecule has 0 fully saturated rings. The Labute approximate surface area is 183 Å². The molecule has 1 unspecified atom stereocenters. The van der Waals surface area contributed by atoms with Gasteiger partial charge in [0, 0.05) is 0 Å². The van der Waals surface area contributed by atoms with Gasteiger partial charge in [-0.2, -0.15) is 0 Å². The fourth-order valence-corrected chi connectivity index (χ4v) is 3.91. The third-order valence-corrected chi connectivity index (χ3v) is 6.03. The second-order valence-corrected chi connectivity index (χ2v) is 9.03. The zero-order valence-electron chi connectivity index (χ0n) is 19.9. The topological polar surface area (TPSA) is 0 Å². The summed E-state index contributed by atoms with van der Waals surface area (Å²) in [5.41, 5.74) is 2.79. The molecule has 0 saturated carbocycles. The molecule has 1 rings (SSSR count). The molecule has 0 heterocycles. The van der Waals surface area contributed by atoms with Crippen LogP contribution in [-0.2, 0) is 6.42 Å². The Bertz CT molecular complexity index is 481. The Balaban J connectivity index is 2.09. The van der Waals surface area contributed by atoms with Crippen molar-refractivity contribution in [1.82, 2.24) is 0 Å². The molecule has 0 saturated heterocycles. The van der Waals surface area contributed by atoms with Crippen molar-refractivity contribution in [3.8, 4) is 0 Å². The van der Waals surface area contributed by atoms with Gasteiger partial charge in [-0.1, -0.05) is 141 Å². The van der Waals surface area contributed by atoms with Crippen molar-refractivity contribution in [2.75, 3.05) is 0 Å². The van der Waals surface area contributed by atoms with Crippen LogP contribution in [0.4, 0.5) is 0 Å². The quantitative estimate of drug-likeness (QED) is 0.204. The molecule has 0 aliphatic carbocycles. The maximum Gasteiger partial charge on any atom is -0.0245 e. The van der Waals surface area contributed by atoms with Crippen molar-refractivity contribution in [3.05, 3.63) is 47.9 Å². The van der Waals surface area contributed by atoms with E-state index in [9.17, 15) is 0 Å². The summed E-state index contributed by atoms with van der Waals surface area (Å²) < 4.78 is 0. The highest BCUT2D eigenvalue weighted by molar-refractivity contribution is 5.49. The smallest absolute Gasteiger partial charge is 0.0245 e. The average Bonchev–Trinajstić information content (AvgIpc) is 2.74. The summed E-state index contributed by atoms with van der Waals surface area (Å²) in [7, 11) is 0. The van der Waals surface area contributed by atoms with E-state index in [2.05, 4.69) is 63.6 Å². The third kappa shape index (κ3) is 15.5. The van der Waals surface area contributed by atoms with Crippen molar-refractivity contribution in [1.29, 1.82) is 0 Å². The van der Waals surface area contributed by atoms with E-state index in [1.807, 2.05) is 0 Å². The van der Waals surface area contributed by atoms with Crippen LogP contribution >= 0.6 is 0 Å². The SMILES string of the molecule is CCCCCCCCCC=Cc1ccc(C[CH]C(C)CCCCCCCC)cc1. The Morgan fingerprint density at radius 1 is 0.690 bits per heavy atom. The molecule has 0 aromatic heterocycles. The van der Waals surface area contributed by atoms with E-state index >= 15 is 0 Å². The van der Waals surface area contributed by atoms with Crippen LogP contribution in [0.15, 0.2) is 30.3 Å². The van der Waals surface area contributed by atoms with Gasteiger partial charge in [-0.05, 0) is 42.7 Å². The molecular weight excluding hydrogens is 348 g/mol. The number of hydrogen-bond acceptors (Lipinski definition) is 0. The van der Waals surface area contributed by atoms with E-state index in [1.165, 1.54) is 107 Å². The number of hydrogen-bond donors (Lipinski definition) is 0. The lowest BCUT2D eigenvalue weighted by atomic mass is 9.95. The summed E-state index contributed by atoms with van der Waals surface area (Å²) >= 11 is 0. The Morgan fingerprint density at radius 3 is 1.86 bits per heavy atom. The highest BCUT2D eigenvalue weighted by atomic mass is 14.1. The summed E-state index contributed by atoms with van der Waals surface area (Å²) in [6.07, 6.45) is 29.0. The van der Waals surface area contributed by atoms with Crippen LogP contribution in [0.25, 0.3) is 6.08 Å². The second kappa shape index (κ2) is 19.0. The molecule has 0 aliphatic heterocycles. The molecule has 0 spiro atoms. The summed E-state index contributed by atoms with van der Waals surface area (Å²) in [6.45, 7) is 6.96. The monoisotopic (exact) mass is 397 g/mol. The number of rotatable bonds is 19. The lowest BCUT2D eigenvalue weighted by Crippen LogP contribution is -1.99. The highest BCUT2D eigenvalue weighted by Gasteiger charge is 2.03. The number of unbranched alkanes of at least 4 members (excludes halogenated alkanes) is 12. The van der Waals surface area contributed by atoms with Crippen molar-refractivity contribution in [2.45, 2.75) is 124 Å². The van der Waals surface area contributed by atoms with Gasteiger partial charge in [0.05, 0.1) is 0 Å². The van der Waals surface area contributed by atoms with Gasteiger partial charge in [0.15, 0.2) is 0 Å². The number of allylic oxidation sites excluding steroid dienone is 1. The van der Waals surface area contributed by atoms with Gasteiger partial charge in [0.1, 0.15) is 0 Å². The molecule has 1 aromatic rings. The van der Waals surface area contributed by atoms with Crippen molar-refractivity contribution < 1.29 is 0 Å². The van der Waals surface area contributed by atoms with Crippen molar-refractivity contribution in [3.63, 3.8) is 0 Å². The summed E-state index contributed by atoms with van der Waals surface area (Å²) in [4.78, 5) is 0. The Morgan fingerprint density at radius 2 is 1.24 bits per heavy atom. The predicted molar refractivity (Wildman–Crippen MR) is 133 cm³/mol. The van der Waals surface area contributed by atoms with Crippen LogP contribution in [0.5, 0.6) is 0 Å². The van der Waals surface area contributed by atoms with Crippen molar-refractivity contribution >= 4 is 6.08 Å². The molecule has 0 amide bonds. The van der Waals surface area contributed by atoms with Gasteiger partial charge in [-0.3, -0.25) is 0 Å². The maximum absolute atomic E-state index is 2.51. The summed E-state index contributed by atoms with van der Waals surface area (Å²) in [5.74, 6) is 0.739. The Hall–Kier alpha value is -1.04. The third-order valence-electron chi connectivity index (χ3n) is 6.03. The van der Waals surface area contributed by atoms with E-state index in [-0.39, 0.29) is 0 Å². The Kier molecular flexibility index (Phi) is 17.0. The van der Waals surface area contributed by atoms with Gasteiger partial charge in [-0.25, -0.2) is 0 Å². The fraction of sp³-hybridized carbons (Fsp3) is 0.690. The van der Waals surface area contributed by atoms with E-state index < -0.39 is 0 Å². The fourth-order valence-electron chi connectivity index (χ4n) is 3.91. The molecule has 1 aromatic carbocycles. The molecule has 0 aliphatic rings. The molecule has 165 valence electrons. The van der Waals surface area contributed by atoms with Crippen LogP contribution in [-0.4, -0.2) is 0 Å². The van der Waals surface area contributed by atoms with E-state index in [0.29, 0.717) is 0 Å². The molecular formula is C29H49. The minimum Gasteiger partial charge on any atom is -0.0839 e. The molecule has 1 radical (unpaired) electrons. The van der Waals surface area contributed by atoms with Gasteiger partial charge in [0.25, 0.3) is 0 Å². The largest absolute Gasteiger partial charge is 0.0839 e. The van der Waals surface area contributed by atoms with E-state index in [4.69, 9.17) is 0 Å². The molecule has 0 N–H and O–H groups in total. The van der Waals surface area contributed by atoms with Crippen LogP contribution in [0.3, 0.4) is 0 Å². The summed E-state index contributed by atoms with van der Waals surface area (Å²) in [5, 5.41) is 0. The maximum atomic E-state index is 2.51. The molecule has 0 heteroatoms. The zero-order chi connectivity index (χ0) is 21.0. The van der Waals surface area contributed by atoms with Crippen LogP contribution < -0.4 is 0 Å². The van der Waals surface area contributed by atoms with Crippen LogP contribution in [0.1, 0.15) is 128 Å². The van der Waals surface area contributed by atoms with Crippen LogP contribution in [0.2, 0.25) is 0 Å². The van der Waals surface area contributed by atoms with Crippen molar-refractivity contribution in [2.24, 2.45) is 5.92 Å². The minimum absolute atomic E-state index is 0.739. The standard InChI is InChI=1S/C29H49/c1-4-6-8-10-12-13-14-16-18-20-28-23-25-29(26-24-28)22-21-27(3)19-17-15-11-9-7-5-2/h18,20-21,23-27H,4-17,19,22H2,1-3H3. The summed E-state index contributed by atoms with van der Waals surface area (Å²) in [6, 6.07) is 9.17. The van der Waals surface area contributed by atoms with Crippen LogP contribution in [0, 0.1) is 12.3 Å². The second-order valence-electron chi connectivity index (χ2n) is 9.03. The van der Waals surface area contributed by atoms with Gasteiger partial charge < -0.3 is 0 Å². The predicted octanol–water partition coefficient (Wildman–Crippen LogP) is 9.97. The lowest BCUT2D eigenvalue weighted by Gasteiger charge is -2.11.